The van der Waals surface area contributed by atoms with Crippen LogP contribution < -0.4 is 5.32 Å². The number of nitrogens with one attached hydrogen (secondary N) is 1. The van der Waals surface area contributed by atoms with Gasteiger partial charge in [-0.2, -0.15) is 0 Å². The lowest BCUT2D eigenvalue weighted by molar-refractivity contribution is 0.599. The minimum atomic E-state index is 1.05. The summed E-state index contributed by atoms with van der Waals surface area (Å²) in [6, 6.07) is 18.4. The average Bonchev–Trinajstić information content (AvgIpc) is 2.89. The number of benzene rings is 3. The molecule has 0 saturated carbocycles. The minimum absolute atomic E-state index is 1.05. The Hall–Kier alpha value is -2.64. The van der Waals surface area contributed by atoms with Gasteiger partial charge in [0.15, 0.2) is 0 Å². The van der Waals surface area contributed by atoms with Crippen LogP contribution in [0.2, 0.25) is 0 Å². The molecule has 0 radical (unpaired) electrons. The lowest BCUT2D eigenvalue weighted by atomic mass is 9.88. The highest BCUT2D eigenvalue weighted by Gasteiger charge is 2.12. The van der Waals surface area contributed by atoms with Gasteiger partial charge in [0, 0.05) is 0 Å². The van der Waals surface area contributed by atoms with Crippen LogP contribution in [0.15, 0.2) is 55.1 Å². The molecule has 0 aliphatic carbocycles. The molecule has 0 heterocycles. The molecule has 0 aliphatic heterocycles. The van der Waals surface area contributed by atoms with Crippen molar-refractivity contribution in [1.29, 1.82) is 0 Å². The second-order valence-electron chi connectivity index (χ2n) is 10.3. The third kappa shape index (κ3) is 7.20. The Kier molecular flexibility index (Phi) is 11.0. The van der Waals surface area contributed by atoms with E-state index in [1.54, 1.807) is 0 Å². The van der Waals surface area contributed by atoms with Crippen LogP contribution in [0.1, 0.15) is 84.0 Å². The maximum atomic E-state index is 4.04. The fourth-order valence-electron chi connectivity index (χ4n) is 5.35. The molecule has 3 aromatic rings. The lowest BCUT2D eigenvalue weighted by Gasteiger charge is -2.17. The summed E-state index contributed by atoms with van der Waals surface area (Å²) >= 11 is 0. The van der Waals surface area contributed by atoms with Crippen molar-refractivity contribution < 1.29 is 0 Å². The van der Waals surface area contributed by atoms with Gasteiger partial charge in [-0.15, -0.1) is 0 Å². The van der Waals surface area contributed by atoms with Crippen LogP contribution in [0, 0.1) is 20.8 Å². The van der Waals surface area contributed by atoms with Crippen molar-refractivity contribution in [2.45, 2.75) is 86.0 Å². The van der Waals surface area contributed by atoms with Gasteiger partial charge in [0.1, 0.15) is 0 Å². The van der Waals surface area contributed by atoms with E-state index in [2.05, 4.69) is 95.0 Å². The topological polar surface area (TPSA) is 12.0 Å². The van der Waals surface area contributed by atoms with Crippen molar-refractivity contribution in [2.24, 2.45) is 0 Å². The van der Waals surface area contributed by atoms with Crippen LogP contribution >= 0.6 is 0 Å². The van der Waals surface area contributed by atoms with Crippen LogP contribution in [-0.2, 0) is 25.7 Å². The average molecular weight is 482 g/mol. The maximum Gasteiger partial charge on any atom is -0.00488 e. The second kappa shape index (κ2) is 14.2. The highest BCUT2D eigenvalue weighted by Crippen LogP contribution is 2.31. The monoisotopic (exact) mass is 481 g/mol. The molecule has 0 bridgehead atoms. The Morgan fingerprint density at radius 2 is 1.31 bits per heavy atom. The van der Waals surface area contributed by atoms with Gasteiger partial charge in [0.05, 0.1) is 0 Å². The molecule has 1 nitrogen and oxygen atoms in total. The number of rotatable bonds is 14. The fourth-order valence-corrected chi connectivity index (χ4v) is 5.35. The van der Waals surface area contributed by atoms with Gasteiger partial charge < -0.3 is 5.32 Å². The molecule has 0 aromatic heterocycles. The maximum absolute atomic E-state index is 4.04. The summed E-state index contributed by atoms with van der Waals surface area (Å²) in [5.41, 5.74) is 14.1. The van der Waals surface area contributed by atoms with E-state index in [4.69, 9.17) is 0 Å². The third-order valence-electron chi connectivity index (χ3n) is 7.80. The summed E-state index contributed by atoms with van der Waals surface area (Å²) in [4.78, 5) is 0. The standard InChI is InChI=1S/C35H47N/c1-7-10-22-36-23-12-11-15-31-16-13-18-34(27(31)5)35-19-14-17-32(28(35)6)20-21-33-25-30(9-3)29(8-2)24-26(33)4/h9,13-14,16-19,24-25,36H,3,7-8,10-12,15,20-23H2,1-2,4-6H3. The van der Waals surface area contributed by atoms with Crippen molar-refractivity contribution in [1.82, 2.24) is 5.32 Å². The molecule has 192 valence electrons. The van der Waals surface area contributed by atoms with Gasteiger partial charge >= 0.3 is 0 Å². The van der Waals surface area contributed by atoms with Gasteiger partial charge in [0.2, 0.25) is 0 Å². The van der Waals surface area contributed by atoms with Crippen molar-refractivity contribution in [3.05, 3.63) is 99.6 Å². The molecule has 0 spiro atoms. The Morgan fingerprint density at radius 3 is 1.92 bits per heavy atom. The molecule has 0 unspecified atom stereocenters. The van der Waals surface area contributed by atoms with Crippen molar-refractivity contribution in [3.63, 3.8) is 0 Å². The zero-order valence-electron chi connectivity index (χ0n) is 23.5. The Bertz CT molecular complexity index is 1140. The predicted molar refractivity (Wildman–Crippen MR) is 160 cm³/mol. The van der Waals surface area contributed by atoms with Crippen LogP contribution in [0.25, 0.3) is 17.2 Å². The van der Waals surface area contributed by atoms with Crippen LogP contribution in [0.5, 0.6) is 0 Å². The quantitative estimate of drug-likeness (QED) is 0.227. The number of hydrogen-bond donors (Lipinski definition) is 1. The van der Waals surface area contributed by atoms with Gasteiger partial charge in [-0.1, -0.05) is 81.5 Å². The predicted octanol–water partition coefficient (Wildman–Crippen LogP) is 8.98. The first-order chi connectivity index (χ1) is 17.5. The lowest BCUT2D eigenvalue weighted by Crippen LogP contribution is -2.16. The Labute approximate surface area is 221 Å². The number of unbranched alkanes of at least 4 members (excludes halogenated alkanes) is 2. The van der Waals surface area contributed by atoms with Crippen molar-refractivity contribution in [3.8, 4) is 11.1 Å². The van der Waals surface area contributed by atoms with E-state index in [1.165, 1.54) is 81.3 Å². The molecule has 3 rings (SSSR count). The van der Waals surface area contributed by atoms with E-state index in [0.717, 1.165) is 38.8 Å². The van der Waals surface area contributed by atoms with E-state index in [-0.39, 0.29) is 0 Å². The second-order valence-corrected chi connectivity index (χ2v) is 10.3. The van der Waals surface area contributed by atoms with Gasteiger partial charge in [-0.05, 0) is 134 Å². The van der Waals surface area contributed by atoms with Crippen molar-refractivity contribution >= 4 is 6.08 Å². The molecule has 0 amide bonds. The van der Waals surface area contributed by atoms with Gasteiger partial charge in [-0.3, -0.25) is 0 Å². The Morgan fingerprint density at radius 1 is 0.694 bits per heavy atom. The summed E-state index contributed by atoms with van der Waals surface area (Å²) in [7, 11) is 0. The number of hydrogen-bond acceptors (Lipinski definition) is 1. The highest BCUT2D eigenvalue weighted by atomic mass is 14.8. The van der Waals surface area contributed by atoms with E-state index in [0.29, 0.717) is 0 Å². The highest BCUT2D eigenvalue weighted by molar-refractivity contribution is 5.72. The summed E-state index contributed by atoms with van der Waals surface area (Å²) in [6.45, 7) is 17.7. The SMILES string of the molecule is C=Cc1cc(CCc2cccc(-c3cccc(CCCCNCCCC)c3C)c2C)c(C)cc1CC. The first-order valence-electron chi connectivity index (χ1n) is 14.1. The zero-order valence-corrected chi connectivity index (χ0v) is 23.5. The van der Waals surface area contributed by atoms with E-state index in [9.17, 15) is 0 Å². The third-order valence-corrected chi connectivity index (χ3v) is 7.80. The molecule has 0 saturated heterocycles. The smallest absolute Gasteiger partial charge is 0.00488 e. The summed E-state index contributed by atoms with van der Waals surface area (Å²) < 4.78 is 0. The normalized spacial score (nSPS) is 11.1. The summed E-state index contributed by atoms with van der Waals surface area (Å²) in [6.07, 6.45) is 11.4. The van der Waals surface area contributed by atoms with Gasteiger partial charge in [0.25, 0.3) is 0 Å². The van der Waals surface area contributed by atoms with Crippen LogP contribution in [-0.4, -0.2) is 13.1 Å². The van der Waals surface area contributed by atoms with E-state index >= 15 is 0 Å². The van der Waals surface area contributed by atoms with Crippen LogP contribution in [0.4, 0.5) is 0 Å². The Balaban J connectivity index is 1.72. The first kappa shape index (κ1) is 27.9. The largest absolute Gasteiger partial charge is 0.317 e. The summed E-state index contributed by atoms with van der Waals surface area (Å²) in [5.74, 6) is 0. The molecule has 1 N–H and O–H groups in total. The fraction of sp³-hybridized carbons (Fsp3) is 0.429. The molecule has 0 aliphatic rings. The molecule has 3 aromatic carbocycles. The minimum Gasteiger partial charge on any atom is -0.317 e. The van der Waals surface area contributed by atoms with E-state index < -0.39 is 0 Å². The summed E-state index contributed by atoms with van der Waals surface area (Å²) in [5, 5.41) is 3.57. The van der Waals surface area contributed by atoms with E-state index in [1.807, 2.05) is 6.08 Å². The molecule has 0 atom stereocenters. The number of aryl methyl sites for hydroxylation is 5. The van der Waals surface area contributed by atoms with Gasteiger partial charge in [-0.25, -0.2) is 0 Å². The first-order valence-corrected chi connectivity index (χ1v) is 14.1. The zero-order chi connectivity index (χ0) is 25.9. The molecule has 0 fully saturated rings. The molecular formula is C35H47N. The molecule has 1 heteroatoms. The van der Waals surface area contributed by atoms with Crippen LogP contribution in [0.3, 0.4) is 0 Å². The molecular weight excluding hydrogens is 434 g/mol. The molecule has 36 heavy (non-hydrogen) atoms. The van der Waals surface area contributed by atoms with Crippen molar-refractivity contribution in [2.75, 3.05) is 13.1 Å².